The highest BCUT2D eigenvalue weighted by molar-refractivity contribution is 5.94. The zero-order chi connectivity index (χ0) is 18.9. The predicted molar refractivity (Wildman–Crippen MR) is 109 cm³/mol. The van der Waals surface area contributed by atoms with Gasteiger partial charge in [0.1, 0.15) is 6.61 Å². The van der Waals surface area contributed by atoms with Crippen molar-refractivity contribution in [2.45, 2.75) is 18.9 Å². The highest BCUT2D eigenvalue weighted by atomic mass is 16.5. The quantitative estimate of drug-likeness (QED) is 0.545. The predicted octanol–water partition coefficient (Wildman–Crippen LogP) is 3.71. The van der Waals surface area contributed by atoms with E-state index in [1.54, 1.807) is 12.4 Å². The maximum Gasteiger partial charge on any atom is 0.318 e. The number of rotatable bonds is 4. The monoisotopic (exact) mass is 371 g/mol. The molecule has 3 aromatic heterocycles. The van der Waals surface area contributed by atoms with Crippen molar-refractivity contribution >= 4 is 21.9 Å². The van der Waals surface area contributed by atoms with E-state index < -0.39 is 0 Å². The standard InChI is InChI=1S/C22H21N5O/c1-27-12-4-5-16(27)14-28-22-24-13-15-9-10-20(25-21(15)26-22)18-6-2-8-19-17(18)7-3-11-23-19/h2-3,6-11,13,16H,4-5,12,14H2,1H3/t16-/m0/s1. The fourth-order valence-electron chi connectivity index (χ4n) is 3.80. The summed E-state index contributed by atoms with van der Waals surface area (Å²) in [7, 11) is 2.13. The van der Waals surface area contributed by atoms with Gasteiger partial charge in [0.2, 0.25) is 0 Å². The molecule has 0 spiro atoms. The number of benzene rings is 1. The fraction of sp³-hybridized carbons (Fsp3) is 0.273. The summed E-state index contributed by atoms with van der Waals surface area (Å²) >= 11 is 0. The molecule has 0 radical (unpaired) electrons. The maximum atomic E-state index is 5.87. The molecule has 6 heteroatoms. The van der Waals surface area contributed by atoms with Crippen LogP contribution < -0.4 is 4.74 Å². The van der Waals surface area contributed by atoms with E-state index in [1.165, 1.54) is 6.42 Å². The third-order valence-corrected chi connectivity index (χ3v) is 5.42. The number of ether oxygens (including phenoxy) is 1. The topological polar surface area (TPSA) is 64.0 Å². The van der Waals surface area contributed by atoms with Crippen molar-refractivity contribution in [3.8, 4) is 17.3 Å². The molecule has 0 unspecified atom stereocenters. The van der Waals surface area contributed by atoms with Gasteiger partial charge in [0.25, 0.3) is 0 Å². The van der Waals surface area contributed by atoms with E-state index in [1.807, 2.05) is 30.3 Å². The fourth-order valence-corrected chi connectivity index (χ4v) is 3.80. The van der Waals surface area contributed by atoms with Crippen LogP contribution in [0.4, 0.5) is 0 Å². The van der Waals surface area contributed by atoms with Gasteiger partial charge in [0, 0.05) is 34.8 Å². The molecule has 1 aliphatic rings. The van der Waals surface area contributed by atoms with Gasteiger partial charge in [0.15, 0.2) is 5.65 Å². The van der Waals surface area contributed by atoms with Crippen molar-refractivity contribution in [1.29, 1.82) is 0 Å². The van der Waals surface area contributed by atoms with Crippen molar-refractivity contribution in [2.24, 2.45) is 0 Å². The zero-order valence-electron chi connectivity index (χ0n) is 15.7. The van der Waals surface area contributed by atoms with Gasteiger partial charge in [-0.1, -0.05) is 18.2 Å². The molecule has 4 heterocycles. The molecule has 0 saturated carbocycles. The molecule has 1 atom stereocenters. The third-order valence-electron chi connectivity index (χ3n) is 5.42. The average Bonchev–Trinajstić information content (AvgIpc) is 3.16. The molecule has 140 valence electrons. The second-order valence-corrected chi connectivity index (χ2v) is 7.23. The van der Waals surface area contributed by atoms with Crippen LogP contribution in [0.3, 0.4) is 0 Å². The molecule has 1 fully saturated rings. The molecule has 0 aliphatic carbocycles. The highest BCUT2D eigenvalue weighted by Crippen LogP contribution is 2.27. The summed E-state index contributed by atoms with van der Waals surface area (Å²) < 4.78 is 5.87. The highest BCUT2D eigenvalue weighted by Gasteiger charge is 2.21. The van der Waals surface area contributed by atoms with Gasteiger partial charge in [-0.3, -0.25) is 4.98 Å². The number of nitrogens with zero attached hydrogens (tertiary/aromatic N) is 5. The van der Waals surface area contributed by atoms with Crippen LogP contribution in [0.1, 0.15) is 12.8 Å². The van der Waals surface area contributed by atoms with E-state index in [0.717, 1.165) is 40.5 Å². The van der Waals surface area contributed by atoms with Crippen LogP contribution >= 0.6 is 0 Å². The Hall–Kier alpha value is -3.12. The summed E-state index contributed by atoms with van der Waals surface area (Å²) in [5, 5.41) is 1.97. The maximum absolute atomic E-state index is 5.87. The van der Waals surface area contributed by atoms with Crippen molar-refractivity contribution in [3.05, 3.63) is 54.9 Å². The third kappa shape index (κ3) is 3.16. The SMILES string of the molecule is CN1CCC[C@H]1COc1ncc2ccc(-c3cccc4ncccc34)nc2n1. The van der Waals surface area contributed by atoms with E-state index in [9.17, 15) is 0 Å². The van der Waals surface area contributed by atoms with Crippen LogP contribution in [0.2, 0.25) is 0 Å². The zero-order valence-corrected chi connectivity index (χ0v) is 15.7. The lowest BCUT2D eigenvalue weighted by Gasteiger charge is -2.18. The number of fused-ring (bicyclic) bond motifs is 2. The van der Waals surface area contributed by atoms with Crippen LogP contribution in [-0.4, -0.2) is 51.1 Å². The van der Waals surface area contributed by atoms with Crippen LogP contribution in [0.5, 0.6) is 6.01 Å². The molecule has 6 nitrogen and oxygen atoms in total. The number of likely N-dealkylation sites (N-methyl/N-ethyl adjacent to an activating group) is 1. The van der Waals surface area contributed by atoms with Crippen molar-refractivity contribution in [1.82, 2.24) is 24.8 Å². The minimum Gasteiger partial charge on any atom is -0.462 e. The van der Waals surface area contributed by atoms with Gasteiger partial charge in [-0.2, -0.15) is 4.98 Å². The number of pyridine rings is 2. The smallest absolute Gasteiger partial charge is 0.318 e. The molecular formula is C22H21N5O. The molecule has 1 aliphatic heterocycles. The lowest BCUT2D eigenvalue weighted by Crippen LogP contribution is -2.30. The van der Waals surface area contributed by atoms with Gasteiger partial charge in [-0.05, 0) is 50.7 Å². The van der Waals surface area contributed by atoms with E-state index >= 15 is 0 Å². The van der Waals surface area contributed by atoms with E-state index in [0.29, 0.717) is 24.3 Å². The van der Waals surface area contributed by atoms with Crippen molar-refractivity contribution in [3.63, 3.8) is 0 Å². The minimum absolute atomic E-state index is 0.386. The number of likely N-dealkylation sites (tertiary alicyclic amines) is 1. The summed E-state index contributed by atoms with van der Waals surface area (Å²) in [6.45, 7) is 1.73. The lowest BCUT2D eigenvalue weighted by atomic mass is 10.0. The number of aromatic nitrogens is 4. The Kier molecular flexibility index (Phi) is 4.33. The van der Waals surface area contributed by atoms with Crippen LogP contribution in [0.25, 0.3) is 33.2 Å². The van der Waals surface area contributed by atoms with Gasteiger partial charge in [-0.15, -0.1) is 0 Å². The van der Waals surface area contributed by atoms with E-state index in [-0.39, 0.29) is 0 Å². The Morgan fingerprint density at radius 1 is 1.07 bits per heavy atom. The normalized spacial score (nSPS) is 17.4. The first kappa shape index (κ1) is 17.0. The van der Waals surface area contributed by atoms with Crippen molar-refractivity contribution in [2.75, 3.05) is 20.2 Å². The Labute approximate surface area is 163 Å². The summed E-state index contributed by atoms with van der Waals surface area (Å²) in [6, 6.07) is 14.9. The van der Waals surface area contributed by atoms with Gasteiger partial charge < -0.3 is 9.64 Å². The van der Waals surface area contributed by atoms with Crippen LogP contribution in [0, 0.1) is 0 Å². The molecule has 4 aromatic rings. The van der Waals surface area contributed by atoms with Crippen LogP contribution in [0.15, 0.2) is 54.9 Å². The summed E-state index contributed by atoms with van der Waals surface area (Å²) in [5.41, 5.74) is 3.50. The summed E-state index contributed by atoms with van der Waals surface area (Å²) in [6.07, 6.45) is 5.95. The molecule has 0 bridgehead atoms. The van der Waals surface area contributed by atoms with Gasteiger partial charge in [-0.25, -0.2) is 9.97 Å². The molecular weight excluding hydrogens is 350 g/mol. The minimum atomic E-state index is 0.386. The first-order chi connectivity index (χ1) is 13.8. The Balaban J connectivity index is 1.48. The second-order valence-electron chi connectivity index (χ2n) is 7.23. The lowest BCUT2D eigenvalue weighted by molar-refractivity contribution is 0.188. The summed E-state index contributed by atoms with van der Waals surface area (Å²) in [4.78, 5) is 20.4. The van der Waals surface area contributed by atoms with Crippen molar-refractivity contribution < 1.29 is 4.74 Å². The van der Waals surface area contributed by atoms with Gasteiger partial charge in [0.05, 0.1) is 11.2 Å². The first-order valence-corrected chi connectivity index (χ1v) is 9.59. The Bertz CT molecular complexity index is 1140. The largest absolute Gasteiger partial charge is 0.462 e. The van der Waals surface area contributed by atoms with Gasteiger partial charge >= 0.3 is 6.01 Å². The first-order valence-electron chi connectivity index (χ1n) is 9.59. The number of hydrogen-bond acceptors (Lipinski definition) is 6. The molecule has 28 heavy (non-hydrogen) atoms. The molecule has 5 rings (SSSR count). The Morgan fingerprint density at radius 3 is 2.93 bits per heavy atom. The average molecular weight is 371 g/mol. The molecule has 1 saturated heterocycles. The summed E-state index contributed by atoms with van der Waals surface area (Å²) in [5.74, 6) is 0. The number of hydrogen-bond donors (Lipinski definition) is 0. The van der Waals surface area contributed by atoms with E-state index in [2.05, 4.69) is 39.0 Å². The molecule has 0 N–H and O–H groups in total. The van der Waals surface area contributed by atoms with E-state index in [4.69, 9.17) is 9.72 Å². The second kappa shape index (κ2) is 7.13. The molecule has 0 amide bonds. The molecule has 1 aromatic carbocycles. The Morgan fingerprint density at radius 2 is 2.04 bits per heavy atom. The van der Waals surface area contributed by atoms with Crippen LogP contribution in [-0.2, 0) is 0 Å².